The zero-order valence-electron chi connectivity index (χ0n) is 14.9. The highest BCUT2D eigenvalue weighted by atomic mass is 16.3. The number of rotatable bonds is 2. The number of aliphatic hydroxyl groups excluding tert-OH is 1. The molecule has 24 heavy (non-hydrogen) atoms. The van der Waals surface area contributed by atoms with E-state index < -0.39 is 0 Å². The molecule has 0 aliphatic heterocycles. The molecule has 1 aromatic carbocycles. The molecule has 128 valence electrons. The van der Waals surface area contributed by atoms with Gasteiger partial charge in [0.2, 0.25) is 0 Å². The molecule has 1 aromatic rings. The molecule has 4 rings (SSSR count). The first-order chi connectivity index (χ1) is 11.8. The number of fused-ring (bicyclic) bond motifs is 5. The molecule has 0 heterocycles. The molecule has 5 atom stereocenters. The summed E-state index contributed by atoms with van der Waals surface area (Å²) in [5, 5.41) is 10.8. The van der Waals surface area contributed by atoms with Crippen LogP contribution >= 0.6 is 0 Å². The standard InChI is InChI=1S/C23H30O/c1-2-3-4-7-15-23-16-14-19-18-9-6-5-8-17(18)10-11-20(19)21(23)12-13-22(23)24/h5-6,8-9,19-22,24H,2-3,10-16H2,1H3/t19-,20-,21+,22+,23+/m1/s1. The Morgan fingerprint density at radius 3 is 2.88 bits per heavy atom. The minimum Gasteiger partial charge on any atom is -0.393 e. The van der Waals surface area contributed by atoms with Crippen molar-refractivity contribution in [1.29, 1.82) is 0 Å². The topological polar surface area (TPSA) is 20.2 Å². The lowest BCUT2D eigenvalue weighted by Gasteiger charge is -2.51. The van der Waals surface area contributed by atoms with Crippen molar-refractivity contribution in [3.63, 3.8) is 0 Å². The van der Waals surface area contributed by atoms with Crippen LogP contribution in [0, 0.1) is 29.1 Å². The van der Waals surface area contributed by atoms with Crippen LogP contribution < -0.4 is 0 Å². The smallest absolute Gasteiger partial charge is 0.0608 e. The molecule has 2 saturated carbocycles. The van der Waals surface area contributed by atoms with Gasteiger partial charge < -0.3 is 5.11 Å². The normalized spacial score (nSPS) is 36.9. The number of unbranched alkanes of at least 4 members (excludes halogenated alkanes) is 1. The quantitative estimate of drug-likeness (QED) is 0.753. The molecule has 3 aliphatic rings. The van der Waals surface area contributed by atoms with Crippen molar-refractivity contribution in [1.82, 2.24) is 0 Å². The zero-order valence-corrected chi connectivity index (χ0v) is 14.9. The Morgan fingerprint density at radius 2 is 2.00 bits per heavy atom. The summed E-state index contributed by atoms with van der Waals surface area (Å²) in [6, 6.07) is 9.09. The second kappa shape index (κ2) is 6.57. The zero-order chi connectivity index (χ0) is 16.6. The van der Waals surface area contributed by atoms with Gasteiger partial charge in [-0.05, 0) is 73.8 Å². The van der Waals surface area contributed by atoms with Gasteiger partial charge in [-0.25, -0.2) is 0 Å². The number of hydrogen-bond acceptors (Lipinski definition) is 1. The highest BCUT2D eigenvalue weighted by Crippen LogP contribution is 2.62. The summed E-state index contributed by atoms with van der Waals surface area (Å²) >= 11 is 0. The highest BCUT2D eigenvalue weighted by molar-refractivity contribution is 5.35. The van der Waals surface area contributed by atoms with Crippen molar-refractivity contribution in [3.05, 3.63) is 35.4 Å². The van der Waals surface area contributed by atoms with Gasteiger partial charge >= 0.3 is 0 Å². The van der Waals surface area contributed by atoms with Gasteiger partial charge in [0.15, 0.2) is 0 Å². The molecular formula is C23H30O. The number of benzene rings is 1. The minimum atomic E-state index is -0.128. The maximum absolute atomic E-state index is 10.8. The maximum Gasteiger partial charge on any atom is 0.0608 e. The SMILES string of the molecule is CCCC#CC[C@]12CC[C@@H]3c4ccccc4CC[C@H]3[C@@H]1CC[C@@H]2O. The molecule has 0 unspecified atom stereocenters. The van der Waals surface area contributed by atoms with Gasteiger partial charge in [-0.3, -0.25) is 0 Å². The van der Waals surface area contributed by atoms with Gasteiger partial charge in [0.05, 0.1) is 6.10 Å². The van der Waals surface area contributed by atoms with E-state index in [4.69, 9.17) is 0 Å². The van der Waals surface area contributed by atoms with Gasteiger partial charge in [-0.2, -0.15) is 0 Å². The third-order valence-corrected chi connectivity index (χ3v) is 7.23. The fourth-order valence-electron chi connectivity index (χ4n) is 6.08. The van der Waals surface area contributed by atoms with Crippen LogP contribution in [0.3, 0.4) is 0 Å². The van der Waals surface area contributed by atoms with Crippen molar-refractivity contribution < 1.29 is 5.11 Å². The Balaban J connectivity index is 1.61. The van der Waals surface area contributed by atoms with Crippen molar-refractivity contribution >= 4 is 0 Å². The molecule has 0 aromatic heterocycles. The van der Waals surface area contributed by atoms with Crippen LogP contribution in [0.1, 0.15) is 75.3 Å². The first-order valence-electron chi connectivity index (χ1n) is 9.98. The largest absolute Gasteiger partial charge is 0.393 e. The molecule has 3 aliphatic carbocycles. The molecule has 1 nitrogen and oxygen atoms in total. The summed E-state index contributed by atoms with van der Waals surface area (Å²) < 4.78 is 0. The van der Waals surface area contributed by atoms with Crippen LogP contribution in [0.25, 0.3) is 0 Å². The molecule has 1 heteroatoms. The summed E-state index contributed by atoms with van der Waals surface area (Å²) in [4.78, 5) is 0. The lowest BCUT2D eigenvalue weighted by molar-refractivity contribution is -0.0330. The van der Waals surface area contributed by atoms with Gasteiger partial charge in [0.25, 0.3) is 0 Å². The van der Waals surface area contributed by atoms with E-state index in [-0.39, 0.29) is 11.5 Å². The second-order valence-corrected chi connectivity index (χ2v) is 8.26. The minimum absolute atomic E-state index is 0.0915. The molecular weight excluding hydrogens is 292 g/mol. The van der Waals surface area contributed by atoms with Crippen LogP contribution in [0.2, 0.25) is 0 Å². The summed E-state index contributed by atoms with van der Waals surface area (Å²) in [6.07, 6.45) is 10.1. The highest BCUT2D eigenvalue weighted by Gasteiger charge is 2.56. The maximum atomic E-state index is 10.8. The van der Waals surface area contributed by atoms with E-state index in [0.717, 1.165) is 43.9 Å². The summed E-state index contributed by atoms with van der Waals surface area (Å²) in [5.74, 6) is 8.95. The van der Waals surface area contributed by atoms with Gasteiger partial charge in [0, 0.05) is 18.3 Å². The Hall–Kier alpha value is -1.26. The molecule has 0 radical (unpaired) electrons. The number of aliphatic hydroxyl groups is 1. The molecule has 2 fully saturated rings. The third-order valence-electron chi connectivity index (χ3n) is 7.23. The predicted molar refractivity (Wildman–Crippen MR) is 98.7 cm³/mol. The average Bonchev–Trinajstić information content (AvgIpc) is 2.96. The summed E-state index contributed by atoms with van der Waals surface area (Å²) in [5.41, 5.74) is 3.28. The molecule has 0 bridgehead atoms. The Kier molecular flexibility index (Phi) is 4.44. The van der Waals surface area contributed by atoms with E-state index in [1.807, 2.05) is 0 Å². The van der Waals surface area contributed by atoms with E-state index >= 15 is 0 Å². The molecule has 0 amide bonds. The van der Waals surface area contributed by atoms with E-state index in [1.54, 1.807) is 11.1 Å². The average molecular weight is 322 g/mol. The lowest BCUT2D eigenvalue weighted by atomic mass is 9.54. The number of hydrogen-bond donors (Lipinski definition) is 1. The number of aryl methyl sites for hydroxylation is 1. The fraction of sp³-hybridized carbons (Fsp3) is 0.652. The van der Waals surface area contributed by atoms with Crippen LogP contribution in [0.5, 0.6) is 0 Å². The Morgan fingerprint density at radius 1 is 1.12 bits per heavy atom. The predicted octanol–water partition coefficient (Wildman–Crippen LogP) is 5.08. The van der Waals surface area contributed by atoms with Crippen molar-refractivity contribution in [2.75, 3.05) is 0 Å². The molecule has 0 saturated heterocycles. The summed E-state index contributed by atoms with van der Waals surface area (Å²) in [6.45, 7) is 2.19. The Bertz CT molecular complexity index is 651. The first-order valence-corrected chi connectivity index (χ1v) is 9.98. The lowest BCUT2D eigenvalue weighted by Crippen LogP contribution is -2.45. The molecule has 1 N–H and O–H groups in total. The first kappa shape index (κ1) is 16.2. The van der Waals surface area contributed by atoms with E-state index in [2.05, 4.69) is 43.0 Å². The van der Waals surface area contributed by atoms with Gasteiger partial charge in [-0.1, -0.05) is 31.2 Å². The van der Waals surface area contributed by atoms with E-state index in [0.29, 0.717) is 5.92 Å². The van der Waals surface area contributed by atoms with Crippen molar-refractivity contribution in [3.8, 4) is 11.8 Å². The van der Waals surface area contributed by atoms with Crippen molar-refractivity contribution in [2.24, 2.45) is 17.3 Å². The second-order valence-electron chi connectivity index (χ2n) is 8.26. The monoisotopic (exact) mass is 322 g/mol. The van der Waals surface area contributed by atoms with Crippen LogP contribution in [0.4, 0.5) is 0 Å². The van der Waals surface area contributed by atoms with Crippen LogP contribution in [-0.4, -0.2) is 11.2 Å². The molecule has 0 spiro atoms. The van der Waals surface area contributed by atoms with Crippen molar-refractivity contribution in [2.45, 2.75) is 76.7 Å². The van der Waals surface area contributed by atoms with Gasteiger partial charge in [-0.15, -0.1) is 11.8 Å². The van der Waals surface area contributed by atoms with Crippen LogP contribution in [-0.2, 0) is 6.42 Å². The van der Waals surface area contributed by atoms with E-state index in [9.17, 15) is 5.11 Å². The Labute approximate surface area is 146 Å². The van der Waals surface area contributed by atoms with Crippen LogP contribution in [0.15, 0.2) is 24.3 Å². The van der Waals surface area contributed by atoms with Gasteiger partial charge in [0.1, 0.15) is 0 Å². The third kappa shape index (κ3) is 2.51. The fourth-order valence-corrected chi connectivity index (χ4v) is 6.08. The van der Waals surface area contributed by atoms with E-state index in [1.165, 1.54) is 25.7 Å². The summed E-state index contributed by atoms with van der Waals surface area (Å²) in [7, 11) is 0.